The van der Waals surface area contributed by atoms with E-state index < -0.39 is 0 Å². The molecular formula is C19H21BrN6O. The van der Waals surface area contributed by atoms with E-state index >= 15 is 0 Å². The van der Waals surface area contributed by atoms with Crippen LogP contribution >= 0.6 is 15.9 Å². The standard InChI is InChI=1S/C19H21BrN6O/c1-13-10-14(12-22-11-13)18(27)24-19-23-16-5-2-4-15(20)17(16)26(19)25-8-3-6-21-7-9-25/h2,4-5,10-12,21H,3,6-9H2,1H3,(H,23,24,27). The van der Waals surface area contributed by atoms with Crippen LogP contribution in [0.1, 0.15) is 22.3 Å². The zero-order valence-corrected chi connectivity index (χ0v) is 16.7. The van der Waals surface area contributed by atoms with Crippen molar-refractivity contribution in [2.45, 2.75) is 13.3 Å². The molecule has 4 rings (SSSR count). The van der Waals surface area contributed by atoms with Crippen molar-refractivity contribution in [3.05, 3.63) is 52.3 Å². The van der Waals surface area contributed by atoms with Crippen molar-refractivity contribution in [2.24, 2.45) is 0 Å². The number of aromatic nitrogens is 3. The Morgan fingerprint density at radius 2 is 2.15 bits per heavy atom. The highest BCUT2D eigenvalue weighted by Crippen LogP contribution is 2.28. The molecule has 3 aromatic rings. The number of nitrogens with zero attached hydrogens (tertiary/aromatic N) is 4. The van der Waals surface area contributed by atoms with Crippen molar-refractivity contribution in [2.75, 3.05) is 36.5 Å². The highest BCUT2D eigenvalue weighted by Gasteiger charge is 2.21. The molecule has 1 fully saturated rings. The number of aryl methyl sites for hydroxylation is 1. The molecule has 0 saturated carbocycles. The van der Waals surface area contributed by atoms with Gasteiger partial charge >= 0.3 is 0 Å². The van der Waals surface area contributed by atoms with Gasteiger partial charge in [-0.2, -0.15) is 0 Å². The second-order valence-electron chi connectivity index (χ2n) is 6.62. The number of carbonyl (C=O) groups is 1. The van der Waals surface area contributed by atoms with E-state index in [1.165, 1.54) is 0 Å². The molecular weight excluding hydrogens is 408 g/mol. The number of amides is 1. The predicted molar refractivity (Wildman–Crippen MR) is 110 cm³/mol. The summed E-state index contributed by atoms with van der Waals surface area (Å²) in [4.78, 5) is 21.6. The number of rotatable bonds is 3. The highest BCUT2D eigenvalue weighted by atomic mass is 79.9. The molecule has 140 valence electrons. The van der Waals surface area contributed by atoms with Crippen molar-refractivity contribution >= 4 is 38.8 Å². The van der Waals surface area contributed by atoms with Crippen LogP contribution in [0.25, 0.3) is 11.0 Å². The Balaban J connectivity index is 1.76. The SMILES string of the molecule is Cc1cncc(C(=O)Nc2nc3cccc(Br)c3n2N2CCCNCC2)c1. The number of nitrogens with one attached hydrogen (secondary N) is 2. The minimum absolute atomic E-state index is 0.216. The molecule has 1 aliphatic heterocycles. The fourth-order valence-electron chi connectivity index (χ4n) is 3.31. The molecule has 0 spiro atoms. The lowest BCUT2D eigenvalue weighted by atomic mass is 10.2. The normalized spacial score (nSPS) is 15.0. The van der Waals surface area contributed by atoms with Crippen molar-refractivity contribution in [1.29, 1.82) is 0 Å². The molecule has 8 heteroatoms. The van der Waals surface area contributed by atoms with E-state index in [4.69, 9.17) is 0 Å². The minimum Gasteiger partial charge on any atom is -0.315 e. The molecule has 7 nitrogen and oxygen atoms in total. The predicted octanol–water partition coefficient (Wildman–Crippen LogP) is 2.69. The summed E-state index contributed by atoms with van der Waals surface area (Å²) in [5.74, 6) is 0.303. The summed E-state index contributed by atoms with van der Waals surface area (Å²) >= 11 is 3.64. The van der Waals surface area contributed by atoms with Gasteiger partial charge in [0.1, 0.15) is 5.52 Å². The third kappa shape index (κ3) is 3.68. The maximum atomic E-state index is 12.8. The summed E-state index contributed by atoms with van der Waals surface area (Å²) in [6.07, 6.45) is 4.33. The Morgan fingerprint density at radius 3 is 3.00 bits per heavy atom. The van der Waals surface area contributed by atoms with Crippen LogP contribution in [0.3, 0.4) is 0 Å². The number of hydrogen-bond acceptors (Lipinski definition) is 5. The van der Waals surface area contributed by atoms with Crippen molar-refractivity contribution in [1.82, 2.24) is 20.0 Å². The average molecular weight is 429 g/mol. The first-order chi connectivity index (χ1) is 13.1. The van der Waals surface area contributed by atoms with Gasteiger partial charge in [0.15, 0.2) is 0 Å². The Morgan fingerprint density at radius 1 is 1.26 bits per heavy atom. The Kier molecular flexibility index (Phi) is 5.09. The molecule has 0 atom stereocenters. The molecule has 0 radical (unpaired) electrons. The molecule has 27 heavy (non-hydrogen) atoms. The first kappa shape index (κ1) is 17.9. The first-order valence-corrected chi connectivity index (χ1v) is 9.79. The van der Waals surface area contributed by atoms with E-state index in [1.807, 2.05) is 35.9 Å². The molecule has 0 bridgehead atoms. The largest absolute Gasteiger partial charge is 0.315 e. The van der Waals surface area contributed by atoms with Crippen molar-refractivity contribution in [3.63, 3.8) is 0 Å². The van der Waals surface area contributed by atoms with E-state index in [0.717, 1.165) is 53.7 Å². The summed E-state index contributed by atoms with van der Waals surface area (Å²) in [6, 6.07) is 7.72. The third-order valence-electron chi connectivity index (χ3n) is 4.57. The minimum atomic E-state index is -0.216. The smallest absolute Gasteiger partial charge is 0.259 e. The zero-order valence-electron chi connectivity index (χ0n) is 15.1. The summed E-state index contributed by atoms with van der Waals surface area (Å²) < 4.78 is 2.97. The van der Waals surface area contributed by atoms with E-state index in [-0.39, 0.29) is 5.91 Å². The number of pyridine rings is 1. The fraction of sp³-hybridized carbons (Fsp3) is 0.316. The molecule has 2 N–H and O–H groups in total. The van der Waals surface area contributed by atoms with Crippen molar-refractivity contribution < 1.29 is 4.79 Å². The molecule has 2 aromatic heterocycles. The zero-order chi connectivity index (χ0) is 18.8. The first-order valence-electron chi connectivity index (χ1n) is 8.99. The second-order valence-corrected chi connectivity index (χ2v) is 7.47. The van der Waals surface area contributed by atoms with Gasteiger partial charge in [0, 0.05) is 36.5 Å². The van der Waals surface area contributed by atoms with Crippen LogP contribution < -0.4 is 15.6 Å². The topological polar surface area (TPSA) is 75.1 Å². The van der Waals surface area contributed by atoms with Gasteiger partial charge in [-0.05, 0) is 59.6 Å². The van der Waals surface area contributed by atoms with Gasteiger partial charge in [-0.15, -0.1) is 0 Å². The maximum Gasteiger partial charge on any atom is 0.259 e. The van der Waals surface area contributed by atoms with Gasteiger partial charge in [-0.1, -0.05) is 6.07 Å². The summed E-state index contributed by atoms with van der Waals surface area (Å²) in [5.41, 5.74) is 3.25. The Hall–Kier alpha value is -2.45. The quantitative estimate of drug-likeness (QED) is 0.670. The van der Waals surface area contributed by atoms with Gasteiger partial charge < -0.3 is 10.3 Å². The van der Waals surface area contributed by atoms with Crippen LogP contribution in [0, 0.1) is 6.92 Å². The molecule has 1 saturated heterocycles. The molecule has 1 aliphatic rings. The Bertz CT molecular complexity index is 977. The number of hydrogen-bond donors (Lipinski definition) is 2. The number of imidazole rings is 1. The lowest BCUT2D eigenvalue weighted by molar-refractivity contribution is 0.102. The van der Waals surface area contributed by atoms with Crippen LogP contribution in [0.15, 0.2) is 41.1 Å². The van der Waals surface area contributed by atoms with E-state index in [2.05, 4.69) is 41.5 Å². The van der Waals surface area contributed by atoms with Crippen LogP contribution in [0.2, 0.25) is 0 Å². The lowest BCUT2D eigenvalue weighted by Crippen LogP contribution is -2.38. The van der Waals surface area contributed by atoms with E-state index in [0.29, 0.717) is 11.5 Å². The number of halogens is 1. The van der Waals surface area contributed by atoms with Crippen LogP contribution in [-0.2, 0) is 0 Å². The maximum absolute atomic E-state index is 12.8. The summed E-state index contributed by atoms with van der Waals surface area (Å²) in [5, 5.41) is 8.62. The van der Waals surface area contributed by atoms with Gasteiger partial charge in [-0.3, -0.25) is 15.1 Å². The fourth-order valence-corrected chi connectivity index (χ4v) is 3.84. The van der Waals surface area contributed by atoms with Gasteiger partial charge in [0.25, 0.3) is 5.91 Å². The number of para-hydroxylation sites is 1. The van der Waals surface area contributed by atoms with Gasteiger partial charge in [0.05, 0.1) is 11.1 Å². The van der Waals surface area contributed by atoms with Crippen molar-refractivity contribution in [3.8, 4) is 0 Å². The molecule has 0 unspecified atom stereocenters. The monoisotopic (exact) mass is 428 g/mol. The Labute approximate surface area is 165 Å². The van der Waals surface area contributed by atoms with Crippen LogP contribution in [0.5, 0.6) is 0 Å². The number of carbonyl (C=O) groups excluding carboxylic acids is 1. The molecule has 1 aromatic carbocycles. The summed E-state index contributed by atoms with van der Waals surface area (Å²) in [6.45, 7) is 5.51. The third-order valence-corrected chi connectivity index (χ3v) is 5.21. The summed E-state index contributed by atoms with van der Waals surface area (Å²) in [7, 11) is 0. The second kappa shape index (κ2) is 7.66. The van der Waals surface area contributed by atoms with Crippen LogP contribution in [0.4, 0.5) is 5.95 Å². The van der Waals surface area contributed by atoms with E-state index in [9.17, 15) is 4.79 Å². The highest BCUT2D eigenvalue weighted by molar-refractivity contribution is 9.10. The molecule has 1 amide bonds. The van der Waals surface area contributed by atoms with Gasteiger partial charge in [0.2, 0.25) is 5.95 Å². The molecule has 0 aliphatic carbocycles. The number of anilines is 1. The number of benzene rings is 1. The average Bonchev–Trinajstić information content (AvgIpc) is 2.83. The number of fused-ring (bicyclic) bond motifs is 1. The van der Waals surface area contributed by atoms with Gasteiger partial charge in [-0.25, -0.2) is 9.66 Å². The van der Waals surface area contributed by atoms with Crippen LogP contribution in [-0.4, -0.2) is 46.7 Å². The van der Waals surface area contributed by atoms with E-state index in [1.54, 1.807) is 12.4 Å². The molecule has 3 heterocycles. The lowest BCUT2D eigenvalue weighted by Gasteiger charge is -2.26.